The molecule has 3 N–H and O–H groups in total. The predicted octanol–water partition coefficient (Wildman–Crippen LogP) is 1.56. The first-order chi connectivity index (χ1) is 7.69. The van der Waals surface area contributed by atoms with E-state index in [-0.39, 0.29) is 12.1 Å². The van der Waals surface area contributed by atoms with Gasteiger partial charge in [-0.1, -0.05) is 19.3 Å². The minimum atomic E-state index is 0.00326. The molecule has 2 amide bonds. The van der Waals surface area contributed by atoms with Gasteiger partial charge in [0.15, 0.2) is 0 Å². The Hall–Kier alpha value is -0.770. The second kappa shape index (κ2) is 6.74. The highest BCUT2D eigenvalue weighted by molar-refractivity contribution is 5.74. The van der Waals surface area contributed by atoms with Crippen molar-refractivity contribution in [1.82, 2.24) is 10.2 Å². The van der Waals surface area contributed by atoms with Crippen molar-refractivity contribution in [3.05, 3.63) is 0 Å². The van der Waals surface area contributed by atoms with Crippen molar-refractivity contribution in [3.63, 3.8) is 0 Å². The summed E-state index contributed by atoms with van der Waals surface area (Å²) in [6, 6.07) is 0.158. The third kappa shape index (κ3) is 3.67. The van der Waals surface area contributed by atoms with Crippen LogP contribution in [-0.4, -0.2) is 37.1 Å². The molecule has 1 saturated carbocycles. The van der Waals surface area contributed by atoms with Crippen LogP contribution in [0.25, 0.3) is 0 Å². The summed E-state index contributed by atoms with van der Waals surface area (Å²) < 4.78 is 0. The number of carbonyl (C=O) groups excluding carboxylic acids is 1. The van der Waals surface area contributed by atoms with E-state index in [1.54, 1.807) is 4.90 Å². The molecule has 4 heteroatoms. The van der Waals surface area contributed by atoms with E-state index < -0.39 is 0 Å². The van der Waals surface area contributed by atoms with Crippen LogP contribution in [0.2, 0.25) is 0 Å². The molecule has 1 unspecified atom stereocenters. The number of hydrogen-bond donors (Lipinski definition) is 2. The fourth-order valence-electron chi connectivity index (χ4n) is 2.32. The molecule has 16 heavy (non-hydrogen) atoms. The van der Waals surface area contributed by atoms with Crippen molar-refractivity contribution in [2.45, 2.75) is 45.1 Å². The molecule has 0 saturated heterocycles. The maximum Gasteiger partial charge on any atom is 0.317 e. The van der Waals surface area contributed by atoms with Gasteiger partial charge in [-0.2, -0.15) is 0 Å². The van der Waals surface area contributed by atoms with Crippen LogP contribution in [0.3, 0.4) is 0 Å². The fourth-order valence-corrected chi connectivity index (χ4v) is 2.32. The quantitative estimate of drug-likeness (QED) is 0.765. The van der Waals surface area contributed by atoms with Crippen molar-refractivity contribution < 1.29 is 4.79 Å². The molecular weight excluding hydrogens is 202 g/mol. The molecule has 0 aromatic rings. The molecular formula is C12H25N3O. The average molecular weight is 227 g/mol. The zero-order valence-corrected chi connectivity index (χ0v) is 10.5. The summed E-state index contributed by atoms with van der Waals surface area (Å²) in [7, 11) is 1.81. The van der Waals surface area contributed by atoms with E-state index in [9.17, 15) is 4.79 Å². The summed E-state index contributed by atoms with van der Waals surface area (Å²) in [5, 5.41) is 3.05. The van der Waals surface area contributed by atoms with Gasteiger partial charge in [0.1, 0.15) is 0 Å². The summed E-state index contributed by atoms with van der Waals surface area (Å²) in [5.74, 6) is 0.577. The number of urea groups is 1. The highest BCUT2D eigenvalue weighted by Gasteiger charge is 2.24. The second-order valence-corrected chi connectivity index (χ2v) is 4.70. The number of hydrogen-bond acceptors (Lipinski definition) is 2. The van der Waals surface area contributed by atoms with E-state index in [1.165, 1.54) is 32.1 Å². The Kier molecular flexibility index (Phi) is 5.60. The molecule has 0 bridgehead atoms. The summed E-state index contributed by atoms with van der Waals surface area (Å²) in [6.07, 6.45) is 6.30. The van der Waals surface area contributed by atoms with Gasteiger partial charge in [-0.25, -0.2) is 4.79 Å². The van der Waals surface area contributed by atoms with Crippen molar-refractivity contribution in [2.75, 3.05) is 20.1 Å². The molecule has 0 aromatic carbocycles. The summed E-state index contributed by atoms with van der Waals surface area (Å²) >= 11 is 0. The first-order valence-electron chi connectivity index (χ1n) is 6.40. The first kappa shape index (κ1) is 13.3. The molecule has 1 atom stereocenters. The number of rotatable bonds is 4. The Morgan fingerprint density at radius 2 is 2.06 bits per heavy atom. The van der Waals surface area contributed by atoms with E-state index in [0.717, 1.165) is 6.54 Å². The van der Waals surface area contributed by atoms with Gasteiger partial charge >= 0.3 is 6.03 Å². The summed E-state index contributed by atoms with van der Waals surface area (Å²) in [5.41, 5.74) is 5.76. The number of nitrogens with one attached hydrogen (secondary N) is 1. The molecule has 1 rings (SSSR count). The van der Waals surface area contributed by atoms with Gasteiger partial charge in [-0.3, -0.25) is 0 Å². The Bertz CT molecular complexity index is 214. The van der Waals surface area contributed by atoms with Gasteiger partial charge in [0.05, 0.1) is 0 Å². The standard InChI is InChI=1S/C12H25N3O/c1-3-15(2)12(16)14-11(9-13)10-7-5-4-6-8-10/h10-11H,3-9,13H2,1-2H3,(H,14,16). The van der Waals surface area contributed by atoms with E-state index in [1.807, 2.05) is 14.0 Å². The predicted molar refractivity (Wildman–Crippen MR) is 66.3 cm³/mol. The van der Waals surface area contributed by atoms with E-state index in [0.29, 0.717) is 12.5 Å². The van der Waals surface area contributed by atoms with Crippen LogP contribution in [0.5, 0.6) is 0 Å². The average Bonchev–Trinajstić information content (AvgIpc) is 2.35. The largest absolute Gasteiger partial charge is 0.334 e. The SMILES string of the molecule is CCN(C)C(=O)NC(CN)C1CCCCC1. The zero-order chi connectivity index (χ0) is 12.0. The molecule has 0 aromatic heterocycles. The van der Waals surface area contributed by atoms with E-state index in [2.05, 4.69) is 5.32 Å². The lowest BCUT2D eigenvalue weighted by atomic mass is 9.84. The smallest absolute Gasteiger partial charge is 0.317 e. The van der Waals surface area contributed by atoms with Gasteiger partial charge in [0.25, 0.3) is 0 Å². The Balaban J connectivity index is 2.44. The van der Waals surface area contributed by atoms with Crippen molar-refractivity contribution in [1.29, 1.82) is 0 Å². The molecule has 0 heterocycles. The normalized spacial score (nSPS) is 19.2. The molecule has 94 valence electrons. The van der Waals surface area contributed by atoms with Crippen LogP contribution in [0.4, 0.5) is 4.79 Å². The topological polar surface area (TPSA) is 58.4 Å². The van der Waals surface area contributed by atoms with Crippen molar-refractivity contribution in [3.8, 4) is 0 Å². The van der Waals surface area contributed by atoms with Gasteiger partial charge < -0.3 is 16.0 Å². The minimum absolute atomic E-state index is 0.00326. The molecule has 0 aliphatic heterocycles. The summed E-state index contributed by atoms with van der Waals surface area (Å²) in [6.45, 7) is 3.25. The molecule has 1 aliphatic carbocycles. The Morgan fingerprint density at radius 3 is 2.56 bits per heavy atom. The Labute approximate surface area is 98.6 Å². The second-order valence-electron chi connectivity index (χ2n) is 4.70. The van der Waals surface area contributed by atoms with Gasteiger partial charge in [-0.05, 0) is 25.7 Å². The highest BCUT2D eigenvalue weighted by Crippen LogP contribution is 2.26. The van der Waals surface area contributed by atoms with Gasteiger partial charge in [-0.15, -0.1) is 0 Å². The number of carbonyl (C=O) groups is 1. The maximum absolute atomic E-state index is 11.7. The molecule has 1 aliphatic rings. The minimum Gasteiger partial charge on any atom is -0.334 e. The van der Waals surface area contributed by atoms with E-state index >= 15 is 0 Å². The zero-order valence-electron chi connectivity index (χ0n) is 10.5. The van der Waals surface area contributed by atoms with Crippen LogP contribution in [-0.2, 0) is 0 Å². The lowest BCUT2D eigenvalue weighted by molar-refractivity contribution is 0.195. The fraction of sp³-hybridized carbons (Fsp3) is 0.917. The monoisotopic (exact) mass is 227 g/mol. The van der Waals surface area contributed by atoms with Crippen molar-refractivity contribution >= 4 is 6.03 Å². The van der Waals surface area contributed by atoms with Crippen LogP contribution in [0.1, 0.15) is 39.0 Å². The number of amides is 2. The number of nitrogens with zero attached hydrogens (tertiary/aromatic N) is 1. The van der Waals surface area contributed by atoms with Gasteiger partial charge in [0.2, 0.25) is 0 Å². The molecule has 0 radical (unpaired) electrons. The Morgan fingerprint density at radius 1 is 1.44 bits per heavy atom. The molecule has 1 fully saturated rings. The maximum atomic E-state index is 11.7. The lowest BCUT2D eigenvalue weighted by Crippen LogP contribution is -2.50. The van der Waals surface area contributed by atoms with E-state index in [4.69, 9.17) is 5.73 Å². The number of nitrogens with two attached hydrogens (primary N) is 1. The summed E-state index contributed by atoms with van der Waals surface area (Å²) in [4.78, 5) is 13.4. The lowest BCUT2D eigenvalue weighted by Gasteiger charge is -2.31. The van der Waals surface area contributed by atoms with Crippen LogP contribution in [0.15, 0.2) is 0 Å². The third-order valence-corrected chi connectivity index (χ3v) is 3.60. The van der Waals surface area contributed by atoms with Crippen molar-refractivity contribution in [2.24, 2.45) is 11.7 Å². The molecule has 0 spiro atoms. The van der Waals surface area contributed by atoms with Crippen LogP contribution < -0.4 is 11.1 Å². The first-order valence-corrected chi connectivity index (χ1v) is 6.40. The third-order valence-electron chi connectivity index (χ3n) is 3.60. The molecule has 4 nitrogen and oxygen atoms in total. The highest BCUT2D eigenvalue weighted by atomic mass is 16.2. The van der Waals surface area contributed by atoms with Crippen LogP contribution in [0, 0.1) is 5.92 Å². The van der Waals surface area contributed by atoms with Gasteiger partial charge in [0, 0.05) is 26.2 Å². The van der Waals surface area contributed by atoms with Crippen LogP contribution >= 0.6 is 0 Å².